The molecular weight excluding hydrogens is 885 g/mol. The van der Waals surface area contributed by atoms with Crippen LogP contribution in [0.1, 0.15) is 6.42 Å². The lowest BCUT2D eigenvalue weighted by molar-refractivity contribution is 0.429. The molecule has 3 aliphatic heterocycles. The summed E-state index contributed by atoms with van der Waals surface area (Å²) in [5.41, 5.74) is 12.7. The van der Waals surface area contributed by atoms with Crippen LogP contribution in [-0.2, 0) is 0 Å². The normalized spacial score (nSPS) is 14.7. The number of benzene rings is 9. The summed E-state index contributed by atoms with van der Waals surface area (Å²) in [6.45, 7) is 0. The van der Waals surface area contributed by atoms with Gasteiger partial charge < -0.3 is 18.9 Å². The van der Waals surface area contributed by atoms with E-state index in [-0.39, 0.29) is 6.04 Å². The maximum atomic E-state index is 6.56. The van der Waals surface area contributed by atoms with Crippen molar-refractivity contribution < 1.29 is 9.47 Å². The summed E-state index contributed by atoms with van der Waals surface area (Å²) in [6.07, 6.45) is 7.21. The highest BCUT2D eigenvalue weighted by Gasteiger charge is 2.33. The Hall–Kier alpha value is -9.66. The van der Waals surface area contributed by atoms with Gasteiger partial charge in [0.25, 0.3) is 0 Å². The van der Waals surface area contributed by atoms with Crippen molar-refractivity contribution in [3.8, 4) is 51.1 Å². The lowest BCUT2D eigenvalue weighted by Gasteiger charge is -2.36. The van der Waals surface area contributed by atoms with E-state index < -0.39 is 0 Å². The van der Waals surface area contributed by atoms with Crippen molar-refractivity contribution in [2.24, 2.45) is 0 Å². The van der Waals surface area contributed by atoms with Gasteiger partial charge in [-0.2, -0.15) is 9.97 Å². The number of aromatic nitrogens is 4. The first-order chi connectivity index (χ1) is 35.7. The number of rotatable bonds is 6. The molecule has 0 fully saturated rings. The van der Waals surface area contributed by atoms with Crippen molar-refractivity contribution in [3.05, 3.63) is 242 Å². The van der Waals surface area contributed by atoms with Crippen LogP contribution in [0.25, 0.3) is 77.5 Å². The SMILES string of the molecule is C1=CC2CC=C1Oc1ccccc1N2c1cc(N2c3ccccc3Oc3ccccc32)nc(-n2c3ccccc3c3c4c5ccccc5n(-c5cc(-c6ccccc6)cc(-c6ccccc6)c5)c4ccc32)n1. The second kappa shape index (κ2) is 15.9. The lowest BCUT2D eigenvalue weighted by Crippen LogP contribution is -2.33. The van der Waals surface area contributed by atoms with Crippen LogP contribution in [0.15, 0.2) is 242 Å². The number of hydrogen-bond acceptors (Lipinski definition) is 6. The second-order valence-corrected chi connectivity index (χ2v) is 18.5. The van der Waals surface area contributed by atoms with Crippen LogP contribution >= 0.6 is 0 Å². The van der Waals surface area contributed by atoms with Gasteiger partial charge in [0.05, 0.1) is 45.2 Å². The van der Waals surface area contributed by atoms with Crippen molar-refractivity contribution in [1.82, 2.24) is 19.1 Å². The Morgan fingerprint density at radius 1 is 0.417 bits per heavy atom. The molecule has 1 unspecified atom stereocenters. The molecule has 8 heteroatoms. The molecule has 340 valence electrons. The zero-order valence-electron chi connectivity index (χ0n) is 38.8. The van der Waals surface area contributed by atoms with Gasteiger partial charge >= 0.3 is 0 Å². The number of ether oxygens (including phenoxy) is 2. The minimum absolute atomic E-state index is 0.0367. The van der Waals surface area contributed by atoms with Gasteiger partial charge in [-0.1, -0.05) is 140 Å². The number of allylic oxidation sites excluding steroid dienone is 1. The number of nitrogens with zero attached hydrogens (tertiary/aromatic N) is 6. The van der Waals surface area contributed by atoms with Crippen LogP contribution in [0.3, 0.4) is 0 Å². The van der Waals surface area contributed by atoms with Crippen LogP contribution < -0.4 is 19.3 Å². The summed E-state index contributed by atoms with van der Waals surface area (Å²) < 4.78 is 17.8. The first kappa shape index (κ1) is 40.2. The molecule has 8 nitrogen and oxygen atoms in total. The van der Waals surface area contributed by atoms with Crippen LogP contribution in [0, 0.1) is 0 Å². The summed E-state index contributed by atoms with van der Waals surface area (Å²) in [5.74, 6) is 5.08. The Balaban J connectivity index is 1.01. The van der Waals surface area contributed by atoms with Crippen molar-refractivity contribution in [1.29, 1.82) is 0 Å². The molecule has 0 spiro atoms. The predicted molar refractivity (Wildman–Crippen MR) is 291 cm³/mol. The number of fused-ring (bicyclic) bond motifs is 10. The molecule has 0 amide bonds. The number of hydrogen-bond donors (Lipinski definition) is 0. The summed E-state index contributed by atoms with van der Waals surface area (Å²) in [6, 6.07) is 77.0. The molecule has 0 radical (unpaired) electrons. The number of para-hydroxylation sites is 8. The van der Waals surface area contributed by atoms with Crippen LogP contribution in [-0.4, -0.2) is 25.1 Å². The third kappa shape index (κ3) is 6.25. The molecule has 9 aromatic carbocycles. The zero-order valence-corrected chi connectivity index (χ0v) is 38.8. The Kier molecular flexibility index (Phi) is 8.91. The van der Waals surface area contributed by atoms with Crippen LogP contribution in [0.2, 0.25) is 0 Å². The van der Waals surface area contributed by atoms with Crippen LogP contribution in [0.5, 0.6) is 17.2 Å². The smallest absolute Gasteiger partial charge is 0.238 e. The quantitative estimate of drug-likeness (QED) is 0.166. The third-order valence-electron chi connectivity index (χ3n) is 14.4. The molecule has 0 saturated carbocycles. The first-order valence-electron chi connectivity index (χ1n) is 24.4. The zero-order chi connectivity index (χ0) is 47.3. The minimum atomic E-state index is -0.0367. The van der Waals surface area contributed by atoms with Crippen molar-refractivity contribution in [2.75, 3.05) is 9.80 Å². The highest BCUT2D eigenvalue weighted by atomic mass is 16.5. The first-order valence-corrected chi connectivity index (χ1v) is 24.4. The maximum absolute atomic E-state index is 6.56. The topological polar surface area (TPSA) is 60.6 Å². The van der Waals surface area contributed by atoms with Gasteiger partial charge in [-0.05, 0) is 120 Å². The Morgan fingerprint density at radius 3 is 1.54 bits per heavy atom. The summed E-state index contributed by atoms with van der Waals surface area (Å²) in [7, 11) is 0. The Bertz CT molecular complexity index is 4130. The van der Waals surface area contributed by atoms with E-state index in [4.69, 9.17) is 19.4 Å². The molecule has 3 aromatic heterocycles. The van der Waals surface area contributed by atoms with E-state index >= 15 is 0 Å². The van der Waals surface area contributed by atoms with Crippen LogP contribution in [0.4, 0.5) is 28.7 Å². The fourth-order valence-electron chi connectivity index (χ4n) is 11.2. The monoisotopic (exact) mass is 926 g/mol. The molecule has 1 aliphatic carbocycles. The van der Waals surface area contributed by atoms with Crippen molar-refractivity contribution in [3.63, 3.8) is 0 Å². The van der Waals surface area contributed by atoms with E-state index in [0.29, 0.717) is 11.8 Å². The lowest BCUT2D eigenvalue weighted by atomic mass is 9.98. The van der Waals surface area contributed by atoms with Gasteiger partial charge in [0.1, 0.15) is 17.4 Å². The fourth-order valence-corrected chi connectivity index (χ4v) is 11.2. The summed E-state index contributed by atoms with van der Waals surface area (Å²) >= 11 is 0. The molecule has 16 rings (SSSR count). The van der Waals surface area contributed by atoms with E-state index in [1.165, 1.54) is 16.5 Å². The largest absolute Gasteiger partial charge is 0.456 e. The molecule has 0 saturated heterocycles. The maximum Gasteiger partial charge on any atom is 0.238 e. The van der Waals surface area contributed by atoms with E-state index in [9.17, 15) is 0 Å². The molecule has 12 aromatic rings. The standard InChI is InChI=1S/C64H42N6O2/c1-3-17-41(18-4-1)43-37-44(42-19-5-2-6-20-42)39-46(38-43)67-50-23-9-7-21-48(50)62-55(67)35-36-56-63(62)49-22-8-10-24-51(49)70(56)64-65-60(68-45-31-33-47(34-32-45)71-57-28-14-11-25-52(57)68)40-61(66-64)69-53-26-12-15-29-58(53)72-59-30-16-13-27-54(59)69/h1-31,33-40,45H,32H2. The Morgan fingerprint density at radius 2 is 0.931 bits per heavy atom. The summed E-state index contributed by atoms with van der Waals surface area (Å²) in [4.78, 5) is 15.8. The van der Waals surface area contributed by atoms with E-state index in [1.54, 1.807) is 0 Å². The average molecular weight is 927 g/mol. The van der Waals surface area contributed by atoms with Gasteiger partial charge in [0.2, 0.25) is 5.95 Å². The summed E-state index contributed by atoms with van der Waals surface area (Å²) in [5, 5.41) is 4.58. The van der Waals surface area contributed by atoms with E-state index in [1.807, 2.05) is 48.5 Å². The molecule has 6 heterocycles. The fraction of sp³-hybridized carbons (Fsp3) is 0.0312. The van der Waals surface area contributed by atoms with Gasteiger partial charge in [-0.3, -0.25) is 9.47 Å². The predicted octanol–water partition coefficient (Wildman–Crippen LogP) is 16.3. The van der Waals surface area contributed by atoms with Gasteiger partial charge in [0, 0.05) is 33.3 Å². The number of anilines is 5. The third-order valence-corrected chi connectivity index (χ3v) is 14.4. The van der Waals surface area contributed by atoms with Crippen molar-refractivity contribution in [2.45, 2.75) is 12.5 Å². The molecule has 72 heavy (non-hydrogen) atoms. The van der Waals surface area contributed by atoms with Gasteiger partial charge in [-0.15, -0.1) is 0 Å². The average Bonchev–Trinajstić information content (AvgIpc) is 3.96. The highest BCUT2D eigenvalue weighted by molar-refractivity contribution is 6.29. The van der Waals surface area contributed by atoms with Gasteiger partial charge in [0.15, 0.2) is 17.2 Å². The van der Waals surface area contributed by atoms with Gasteiger partial charge in [-0.25, -0.2) is 0 Å². The van der Waals surface area contributed by atoms with E-state index in [2.05, 4.69) is 207 Å². The van der Waals surface area contributed by atoms with Crippen molar-refractivity contribution >= 4 is 72.3 Å². The minimum Gasteiger partial charge on any atom is -0.456 e. The van der Waals surface area contributed by atoms with E-state index in [0.717, 1.165) is 107 Å². The Labute approximate surface area is 414 Å². The molecule has 1 atom stereocenters. The highest BCUT2D eigenvalue weighted by Crippen LogP contribution is 2.51. The second-order valence-electron chi connectivity index (χ2n) is 18.5. The molecule has 0 N–H and O–H groups in total. The molecular formula is C64H42N6O2. The molecule has 4 aliphatic rings. The molecule has 2 bridgehead atoms.